The summed E-state index contributed by atoms with van der Waals surface area (Å²) in [5.74, 6) is 1.74. The van der Waals surface area contributed by atoms with Crippen LogP contribution in [0.25, 0.3) is 0 Å². The highest BCUT2D eigenvalue weighted by Crippen LogP contribution is 2.19. The highest BCUT2D eigenvalue weighted by Gasteiger charge is 1.92. The molecule has 0 N–H and O–H groups in total. The molecule has 0 aliphatic rings. The number of hydrogen-bond donors (Lipinski definition) is 0. The number of ether oxygens (including phenoxy) is 1. The minimum Gasteiger partial charge on any atom is -0.457 e. The second-order valence-corrected chi connectivity index (χ2v) is 3.64. The van der Waals surface area contributed by atoms with E-state index in [-0.39, 0.29) is 5.34 Å². The molecule has 0 aromatic heterocycles. The fourth-order valence-electron chi connectivity index (χ4n) is 1.11. The first kappa shape index (κ1) is 12.9. The van der Waals surface area contributed by atoms with Crippen molar-refractivity contribution < 1.29 is 4.74 Å². The van der Waals surface area contributed by atoms with Gasteiger partial charge in [0.15, 0.2) is 0 Å². The topological polar surface area (TPSA) is 9.23 Å². The molecule has 0 radical (unpaired) electrons. The quantitative estimate of drug-likeness (QED) is 0.693. The lowest BCUT2D eigenvalue weighted by molar-refractivity contribution is 0.482. The summed E-state index contributed by atoms with van der Waals surface area (Å²) >= 11 is 9.53. The average molecular weight is 255 g/mol. The van der Waals surface area contributed by atoms with Crippen LogP contribution in [0.1, 0.15) is 0 Å². The van der Waals surface area contributed by atoms with E-state index in [4.69, 9.17) is 27.9 Å². The molecule has 0 saturated heterocycles. The van der Waals surface area contributed by atoms with E-state index in [1.54, 1.807) is 0 Å². The molecule has 0 atom stereocenters. The lowest BCUT2D eigenvalue weighted by Gasteiger charge is -2.03. The van der Waals surface area contributed by atoms with Crippen molar-refractivity contribution in [2.75, 3.05) is 5.34 Å². The van der Waals surface area contributed by atoms with Gasteiger partial charge in [0.1, 0.15) is 11.5 Å². The summed E-state index contributed by atoms with van der Waals surface area (Å²) < 4.78 is 5.58. The zero-order chi connectivity index (χ0) is 11.6. The number of para-hydroxylation sites is 2. The Bertz CT molecular complexity index is 338. The lowest BCUT2D eigenvalue weighted by Crippen LogP contribution is -1.81. The van der Waals surface area contributed by atoms with Gasteiger partial charge in [0.2, 0.25) is 0 Å². The Morgan fingerprint density at radius 1 is 0.688 bits per heavy atom. The van der Waals surface area contributed by atoms with Crippen molar-refractivity contribution in [3.63, 3.8) is 0 Å². The summed E-state index contributed by atoms with van der Waals surface area (Å²) in [6.07, 6.45) is 0. The Labute approximate surface area is 106 Å². The van der Waals surface area contributed by atoms with E-state index in [0.717, 1.165) is 11.5 Å². The fraction of sp³-hybridized carbons (Fsp3) is 0.0769. The smallest absolute Gasteiger partial charge is 0.127 e. The second kappa shape index (κ2) is 8.03. The highest BCUT2D eigenvalue weighted by molar-refractivity contribution is 6.40. The zero-order valence-electron chi connectivity index (χ0n) is 8.64. The molecule has 16 heavy (non-hydrogen) atoms. The summed E-state index contributed by atoms with van der Waals surface area (Å²) in [4.78, 5) is 0. The van der Waals surface area contributed by atoms with Crippen molar-refractivity contribution in [3.05, 3.63) is 60.7 Å². The summed E-state index contributed by atoms with van der Waals surface area (Å²) in [6.45, 7) is 0. The van der Waals surface area contributed by atoms with Gasteiger partial charge in [-0.1, -0.05) is 36.4 Å². The van der Waals surface area contributed by atoms with Gasteiger partial charge in [-0.25, -0.2) is 0 Å². The van der Waals surface area contributed by atoms with Crippen molar-refractivity contribution in [2.24, 2.45) is 0 Å². The molecule has 0 aliphatic carbocycles. The average Bonchev–Trinajstić information content (AvgIpc) is 2.33. The van der Waals surface area contributed by atoms with Gasteiger partial charge in [-0.15, -0.1) is 23.2 Å². The van der Waals surface area contributed by atoms with Crippen LogP contribution in [-0.2, 0) is 0 Å². The van der Waals surface area contributed by atoms with Crippen LogP contribution in [-0.4, -0.2) is 5.34 Å². The van der Waals surface area contributed by atoms with Crippen LogP contribution in [0.3, 0.4) is 0 Å². The van der Waals surface area contributed by atoms with Crippen LogP contribution in [0, 0.1) is 0 Å². The molecule has 0 aliphatic heterocycles. The van der Waals surface area contributed by atoms with Crippen LogP contribution in [0.4, 0.5) is 0 Å². The molecule has 0 heterocycles. The van der Waals surface area contributed by atoms with Crippen molar-refractivity contribution >= 4 is 23.2 Å². The molecule has 2 aromatic carbocycles. The van der Waals surface area contributed by atoms with Gasteiger partial charge < -0.3 is 4.74 Å². The summed E-state index contributed by atoms with van der Waals surface area (Å²) in [5.41, 5.74) is 0. The standard InChI is InChI=1S/C12H10O.CH2Cl2/c1-3-7-11(8-4-1)13-12-9-5-2-6-10-12;2-1-3/h1-10H;1H2. The predicted molar refractivity (Wildman–Crippen MR) is 69.5 cm³/mol. The first-order valence-corrected chi connectivity index (χ1v) is 5.83. The first-order chi connectivity index (χ1) is 7.86. The number of hydrogen-bond acceptors (Lipinski definition) is 1. The third-order valence-electron chi connectivity index (χ3n) is 1.72. The van der Waals surface area contributed by atoms with E-state index < -0.39 is 0 Å². The second-order valence-electron chi connectivity index (χ2n) is 2.83. The summed E-state index contributed by atoms with van der Waals surface area (Å²) in [7, 11) is 0. The summed E-state index contributed by atoms with van der Waals surface area (Å²) in [6, 6.07) is 19.5. The van der Waals surface area contributed by atoms with E-state index in [2.05, 4.69) is 0 Å². The van der Waals surface area contributed by atoms with Crippen LogP contribution in [0.5, 0.6) is 11.5 Å². The Morgan fingerprint density at radius 2 is 1.00 bits per heavy atom. The van der Waals surface area contributed by atoms with Crippen molar-refractivity contribution in [2.45, 2.75) is 0 Å². The minimum atomic E-state index is 0.194. The third kappa shape index (κ3) is 5.06. The maximum absolute atomic E-state index is 5.58. The normalized spacial score (nSPS) is 8.88. The number of alkyl halides is 2. The molecule has 2 aromatic rings. The van der Waals surface area contributed by atoms with Crippen LogP contribution >= 0.6 is 23.2 Å². The molecule has 1 nitrogen and oxygen atoms in total. The Balaban J connectivity index is 0.000000386. The van der Waals surface area contributed by atoms with E-state index in [0.29, 0.717) is 0 Å². The van der Waals surface area contributed by atoms with Gasteiger partial charge in [0.05, 0.1) is 5.34 Å². The number of rotatable bonds is 2. The minimum absolute atomic E-state index is 0.194. The maximum atomic E-state index is 5.58. The molecule has 0 fully saturated rings. The lowest BCUT2D eigenvalue weighted by atomic mass is 10.3. The molecular weight excluding hydrogens is 243 g/mol. The van der Waals surface area contributed by atoms with Gasteiger partial charge in [-0.2, -0.15) is 0 Å². The molecule has 0 amide bonds. The third-order valence-corrected chi connectivity index (χ3v) is 1.72. The number of halogens is 2. The maximum Gasteiger partial charge on any atom is 0.127 e. The van der Waals surface area contributed by atoms with Gasteiger partial charge >= 0.3 is 0 Å². The van der Waals surface area contributed by atoms with Gasteiger partial charge in [-0.05, 0) is 24.3 Å². The van der Waals surface area contributed by atoms with Crippen molar-refractivity contribution in [1.29, 1.82) is 0 Å². The van der Waals surface area contributed by atoms with E-state index in [1.165, 1.54) is 0 Å². The Morgan fingerprint density at radius 3 is 1.31 bits per heavy atom. The van der Waals surface area contributed by atoms with Crippen molar-refractivity contribution in [3.8, 4) is 11.5 Å². The molecule has 0 spiro atoms. The zero-order valence-corrected chi connectivity index (χ0v) is 10.2. The molecule has 0 saturated carbocycles. The molecule has 3 heteroatoms. The predicted octanol–water partition coefficient (Wildman–Crippen LogP) is 4.90. The monoisotopic (exact) mass is 254 g/mol. The summed E-state index contributed by atoms with van der Waals surface area (Å²) in [5, 5.41) is 0.194. The molecule has 84 valence electrons. The molecule has 2 rings (SSSR count). The van der Waals surface area contributed by atoms with Crippen molar-refractivity contribution in [1.82, 2.24) is 0 Å². The van der Waals surface area contributed by atoms with Crippen LogP contribution < -0.4 is 4.74 Å². The van der Waals surface area contributed by atoms with Gasteiger partial charge in [0.25, 0.3) is 0 Å². The van der Waals surface area contributed by atoms with Crippen LogP contribution in [0.15, 0.2) is 60.7 Å². The Kier molecular flexibility index (Phi) is 6.47. The largest absolute Gasteiger partial charge is 0.457 e. The van der Waals surface area contributed by atoms with E-state index in [9.17, 15) is 0 Å². The van der Waals surface area contributed by atoms with E-state index >= 15 is 0 Å². The van der Waals surface area contributed by atoms with E-state index in [1.807, 2.05) is 60.7 Å². The first-order valence-electron chi connectivity index (χ1n) is 4.76. The number of benzene rings is 2. The molecular formula is C13H12Cl2O. The molecule has 0 unspecified atom stereocenters. The van der Waals surface area contributed by atoms with Gasteiger partial charge in [-0.3, -0.25) is 0 Å². The molecule has 0 bridgehead atoms. The fourth-order valence-corrected chi connectivity index (χ4v) is 1.11. The SMILES string of the molecule is ClCCl.c1ccc(Oc2ccccc2)cc1. The van der Waals surface area contributed by atoms with Gasteiger partial charge in [0, 0.05) is 0 Å². The highest BCUT2D eigenvalue weighted by atomic mass is 35.5. The Hall–Kier alpha value is -1.18. The van der Waals surface area contributed by atoms with Crippen LogP contribution in [0.2, 0.25) is 0 Å².